The van der Waals surface area contributed by atoms with Gasteiger partial charge in [-0.15, -0.1) is 10.2 Å². The zero-order chi connectivity index (χ0) is 22.0. The van der Waals surface area contributed by atoms with E-state index in [1.807, 2.05) is 26.8 Å². The van der Waals surface area contributed by atoms with Crippen molar-refractivity contribution in [2.75, 3.05) is 7.11 Å². The van der Waals surface area contributed by atoms with Gasteiger partial charge in [0.15, 0.2) is 11.8 Å². The Morgan fingerprint density at radius 2 is 1.90 bits per heavy atom. The first kappa shape index (κ1) is 21.6. The minimum Gasteiger partial charge on any atom is -0.497 e. The Hall–Kier alpha value is -3.06. The number of carbonyl (C=O) groups is 1. The lowest BCUT2D eigenvalue weighted by molar-refractivity contribution is -0.124. The molecule has 158 valence electrons. The standard InChI is InChI=1S/C22H24ClN3O4/c1-12(2)26-18-8-7-16(29-5)11-17(18)20(22(26)28)24-25-21(27)14(4)30-19-9-6-15(23)10-13(19)3/h6-12,14,28H,1-5H3. The molecule has 1 heterocycles. The van der Waals surface area contributed by atoms with Crippen molar-refractivity contribution < 1.29 is 19.4 Å². The van der Waals surface area contributed by atoms with Crippen LogP contribution in [0.5, 0.6) is 17.4 Å². The van der Waals surface area contributed by atoms with E-state index in [2.05, 4.69) is 10.2 Å². The number of hydrogen-bond donors (Lipinski definition) is 1. The van der Waals surface area contributed by atoms with E-state index in [1.54, 1.807) is 48.9 Å². The number of amides is 1. The number of halogens is 1. The van der Waals surface area contributed by atoms with Crippen molar-refractivity contribution in [3.05, 3.63) is 47.0 Å². The van der Waals surface area contributed by atoms with Crippen molar-refractivity contribution in [1.29, 1.82) is 0 Å². The van der Waals surface area contributed by atoms with Gasteiger partial charge in [0.25, 0.3) is 0 Å². The number of hydrogen-bond acceptors (Lipinski definition) is 5. The van der Waals surface area contributed by atoms with E-state index in [9.17, 15) is 9.90 Å². The zero-order valence-corrected chi connectivity index (χ0v) is 18.3. The molecule has 0 aliphatic heterocycles. The molecule has 7 nitrogen and oxygen atoms in total. The minimum absolute atomic E-state index is 0.0179. The summed E-state index contributed by atoms with van der Waals surface area (Å²) in [7, 11) is 1.56. The lowest BCUT2D eigenvalue weighted by Crippen LogP contribution is -2.21. The molecule has 1 unspecified atom stereocenters. The van der Waals surface area contributed by atoms with E-state index in [0.717, 1.165) is 11.1 Å². The van der Waals surface area contributed by atoms with Crippen LogP contribution in [0.1, 0.15) is 32.4 Å². The molecule has 1 N–H and O–H groups in total. The maximum absolute atomic E-state index is 12.5. The molecule has 1 amide bonds. The summed E-state index contributed by atoms with van der Waals surface area (Å²) in [5, 5.41) is 19.8. The molecular weight excluding hydrogens is 406 g/mol. The third kappa shape index (κ3) is 4.26. The maximum atomic E-state index is 12.5. The van der Waals surface area contributed by atoms with Crippen molar-refractivity contribution in [2.45, 2.75) is 39.8 Å². The molecule has 0 aliphatic rings. The van der Waals surface area contributed by atoms with Gasteiger partial charge in [-0.25, -0.2) is 0 Å². The molecule has 1 aromatic heterocycles. The summed E-state index contributed by atoms with van der Waals surface area (Å²) in [6.45, 7) is 7.32. The summed E-state index contributed by atoms with van der Waals surface area (Å²) >= 11 is 5.95. The molecule has 30 heavy (non-hydrogen) atoms. The number of azo groups is 1. The number of fused-ring (bicyclic) bond motifs is 1. The van der Waals surface area contributed by atoms with Gasteiger partial charge in [0.2, 0.25) is 5.88 Å². The van der Waals surface area contributed by atoms with Gasteiger partial charge >= 0.3 is 5.91 Å². The summed E-state index contributed by atoms with van der Waals surface area (Å²) in [6, 6.07) is 10.5. The van der Waals surface area contributed by atoms with E-state index in [1.165, 1.54) is 0 Å². The minimum atomic E-state index is -0.858. The molecular formula is C22H24ClN3O4. The number of methoxy groups -OCH3 is 1. The quantitative estimate of drug-likeness (QED) is 0.488. The Kier molecular flexibility index (Phi) is 6.31. The van der Waals surface area contributed by atoms with Crippen LogP contribution in [0.4, 0.5) is 5.69 Å². The molecule has 0 saturated carbocycles. The second-order valence-corrected chi connectivity index (χ2v) is 7.66. The highest BCUT2D eigenvalue weighted by Crippen LogP contribution is 2.42. The van der Waals surface area contributed by atoms with Crippen LogP contribution < -0.4 is 9.47 Å². The Balaban J connectivity index is 1.90. The number of rotatable bonds is 6. The third-order valence-corrected chi connectivity index (χ3v) is 4.95. The highest BCUT2D eigenvalue weighted by Gasteiger charge is 2.21. The van der Waals surface area contributed by atoms with Gasteiger partial charge in [-0.05, 0) is 69.7 Å². The molecule has 0 radical (unpaired) electrons. The first-order valence-corrected chi connectivity index (χ1v) is 9.90. The number of nitrogens with zero attached hydrogens (tertiary/aromatic N) is 3. The normalized spacial score (nSPS) is 12.6. The lowest BCUT2D eigenvalue weighted by atomic mass is 10.2. The number of aryl methyl sites for hydroxylation is 1. The van der Waals surface area contributed by atoms with Gasteiger partial charge in [-0.2, -0.15) is 0 Å². The summed E-state index contributed by atoms with van der Waals surface area (Å²) in [4.78, 5) is 12.5. The molecule has 0 saturated heterocycles. The lowest BCUT2D eigenvalue weighted by Gasteiger charge is -2.13. The Morgan fingerprint density at radius 3 is 2.53 bits per heavy atom. The van der Waals surface area contributed by atoms with Crippen molar-refractivity contribution >= 4 is 34.1 Å². The van der Waals surface area contributed by atoms with Gasteiger partial charge in [0.05, 0.1) is 12.6 Å². The van der Waals surface area contributed by atoms with Gasteiger partial charge in [-0.3, -0.25) is 4.79 Å². The highest BCUT2D eigenvalue weighted by atomic mass is 35.5. The SMILES string of the molecule is COc1ccc2c(c1)c(N=NC(=O)C(C)Oc1ccc(Cl)cc1C)c(O)n2C(C)C. The van der Waals surface area contributed by atoms with Crippen LogP contribution >= 0.6 is 11.6 Å². The predicted octanol–water partition coefficient (Wildman–Crippen LogP) is 5.98. The van der Waals surface area contributed by atoms with Crippen LogP contribution in [0.3, 0.4) is 0 Å². The van der Waals surface area contributed by atoms with Crippen LogP contribution in [-0.4, -0.2) is 28.8 Å². The second kappa shape index (κ2) is 8.75. The van der Waals surface area contributed by atoms with Crippen LogP contribution in [0, 0.1) is 6.92 Å². The number of ether oxygens (including phenoxy) is 2. The first-order valence-electron chi connectivity index (χ1n) is 9.52. The average molecular weight is 430 g/mol. The smallest absolute Gasteiger partial charge is 0.304 e. The molecule has 0 fully saturated rings. The van der Waals surface area contributed by atoms with Crippen molar-refractivity contribution in [3.63, 3.8) is 0 Å². The molecule has 1 atom stereocenters. The average Bonchev–Trinajstić information content (AvgIpc) is 2.98. The maximum Gasteiger partial charge on any atom is 0.304 e. The topological polar surface area (TPSA) is 85.4 Å². The van der Waals surface area contributed by atoms with Gasteiger partial charge in [0.1, 0.15) is 11.5 Å². The van der Waals surface area contributed by atoms with E-state index in [-0.39, 0.29) is 17.6 Å². The van der Waals surface area contributed by atoms with Crippen LogP contribution in [0.2, 0.25) is 5.02 Å². The fourth-order valence-corrected chi connectivity index (χ4v) is 3.40. The Labute approximate surface area is 179 Å². The number of carbonyl (C=O) groups excluding carboxylic acids is 1. The first-order chi connectivity index (χ1) is 14.2. The molecule has 0 bridgehead atoms. The summed E-state index contributed by atoms with van der Waals surface area (Å²) in [5.74, 6) is 0.518. The fourth-order valence-electron chi connectivity index (χ4n) is 3.18. The summed E-state index contributed by atoms with van der Waals surface area (Å²) in [5.41, 5.74) is 1.79. The molecule has 2 aromatic carbocycles. The number of benzene rings is 2. The molecule has 3 aromatic rings. The largest absolute Gasteiger partial charge is 0.497 e. The van der Waals surface area contributed by atoms with E-state index >= 15 is 0 Å². The summed E-state index contributed by atoms with van der Waals surface area (Å²) in [6.07, 6.45) is -0.858. The Morgan fingerprint density at radius 1 is 1.17 bits per heavy atom. The predicted molar refractivity (Wildman–Crippen MR) is 116 cm³/mol. The van der Waals surface area contributed by atoms with Crippen molar-refractivity contribution in [2.24, 2.45) is 10.2 Å². The summed E-state index contributed by atoms with van der Waals surface area (Å²) < 4.78 is 12.7. The van der Waals surface area contributed by atoms with Crippen LogP contribution in [0.25, 0.3) is 10.9 Å². The molecule has 8 heteroatoms. The zero-order valence-electron chi connectivity index (χ0n) is 17.5. The molecule has 0 spiro atoms. The van der Waals surface area contributed by atoms with E-state index < -0.39 is 12.0 Å². The fraction of sp³-hybridized carbons (Fsp3) is 0.318. The van der Waals surface area contributed by atoms with Crippen molar-refractivity contribution in [1.82, 2.24) is 4.57 Å². The van der Waals surface area contributed by atoms with E-state index in [4.69, 9.17) is 21.1 Å². The van der Waals surface area contributed by atoms with Crippen LogP contribution in [0.15, 0.2) is 46.6 Å². The van der Waals surface area contributed by atoms with E-state index in [0.29, 0.717) is 21.9 Å². The third-order valence-electron chi connectivity index (χ3n) is 4.71. The number of aromatic nitrogens is 1. The highest BCUT2D eigenvalue weighted by molar-refractivity contribution is 6.30. The van der Waals surface area contributed by atoms with Gasteiger partial charge < -0.3 is 19.1 Å². The number of aromatic hydroxyl groups is 1. The second-order valence-electron chi connectivity index (χ2n) is 7.23. The molecule has 0 aliphatic carbocycles. The van der Waals surface area contributed by atoms with Crippen LogP contribution in [-0.2, 0) is 4.79 Å². The van der Waals surface area contributed by atoms with Gasteiger partial charge in [-0.1, -0.05) is 11.6 Å². The molecule has 3 rings (SSSR count). The monoisotopic (exact) mass is 429 g/mol. The van der Waals surface area contributed by atoms with Crippen molar-refractivity contribution in [3.8, 4) is 17.4 Å². The van der Waals surface area contributed by atoms with Gasteiger partial charge in [0, 0.05) is 16.5 Å². The Bertz CT molecular complexity index is 1120.